The van der Waals surface area contributed by atoms with Crippen molar-refractivity contribution < 1.29 is 8.42 Å². The van der Waals surface area contributed by atoms with Crippen LogP contribution in [0.25, 0.3) is 0 Å². The fourth-order valence-electron chi connectivity index (χ4n) is 2.02. The smallest absolute Gasteiger partial charge is 0.213 e. The van der Waals surface area contributed by atoms with Crippen molar-refractivity contribution in [1.82, 2.24) is 19.9 Å². The van der Waals surface area contributed by atoms with Gasteiger partial charge in [-0.25, -0.2) is 17.7 Å². The van der Waals surface area contributed by atoms with Crippen LogP contribution in [0.1, 0.15) is 31.0 Å². The van der Waals surface area contributed by atoms with Crippen molar-refractivity contribution in [2.45, 2.75) is 33.6 Å². The van der Waals surface area contributed by atoms with Crippen LogP contribution in [-0.4, -0.2) is 62.6 Å². The van der Waals surface area contributed by atoms with Crippen LogP contribution in [0.3, 0.4) is 0 Å². The zero-order chi connectivity index (χ0) is 18.0. The van der Waals surface area contributed by atoms with Crippen molar-refractivity contribution in [1.29, 1.82) is 0 Å². The van der Waals surface area contributed by atoms with Crippen molar-refractivity contribution in [3.05, 3.63) is 16.1 Å². The first-order chi connectivity index (χ1) is 11.4. The molecule has 0 amide bonds. The number of aliphatic imine (C=N–C) groups is 1. The van der Waals surface area contributed by atoms with Gasteiger partial charge in [0.1, 0.15) is 0 Å². The number of rotatable bonds is 10. The van der Waals surface area contributed by atoms with Crippen LogP contribution in [0.5, 0.6) is 0 Å². The number of hydrogen-bond donors (Lipinski definition) is 2. The highest BCUT2D eigenvalue weighted by Crippen LogP contribution is 2.07. The van der Waals surface area contributed by atoms with Crippen molar-refractivity contribution in [3.8, 4) is 0 Å². The molecule has 0 unspecified atom stereocenters. The summed E-state index contributed by atoms with van der Waals surface area (Å²) in [5.74, 6) is 0.887. The van der Waals surface area contributed by atoms with E-state index in [1.54, 1.807) is 25.3 Å². The standard InChI is InChI=1S/C15H29N5O2S2.HI/c1-5-16-15(18-10-8-14-12-23-13(3)19-14)17-9-7-11-20(4)24(21,22)6-2;/h12H,5-11H2,1-4H3,(H2,16,17,18);1H. The van der Waals surface area contributed by atoms with Crippen molar-refractivity contribution in [2.75, 3.05) is 39.0 Å². The Balaban J connectivity index is 0.00000576. The highest BCUT2D eigenvalue weighted by molar-refractivity contribution is 14.0. The first kappa shape index (κ1) is 24.5. The molecule has 2 N–H and O–H groups in total. The summed E-state index contributed by atoms with van der Waals surface area (Å²) < 4.78 is 24.7. The summed E-state index contributed by atoms with van der Waals surface area (Å²) in [5.41, 5.74) is 1.09. The Morgan fingerprint density at radius 1 is 1.36 bits per heavy atom. The molecular formula is C15H30IN5O2S2. The number of hydrogen-bond acceptors (Lipinski definition) is 5. The number of nitrogens with zero attached hydrogens (tertiary/aromatic N) is 3. The fourth-order valence-corrected chi connectivity index (χ4v) is 3.51. The maximum Gasteiger partial charge on any atom is 0.213 e. The number of nitrogens with one attached hydrogen (secondary N) is 2. The quantitative estimate of drug-likeness (QED) is 0.220. The molecule has 0 bridgehead atoms. The predicted octanol–water partition coefficient (Wildman–Crippen LogP) is 1.84. The molecule has 1 aromatic rings. The second kappa shape index (κ2) is 12.8. The Morgan fingerprint density at radius 3 is 2.64 bits per heavy atom. The lowest BCUT2D eigenvalue weighted by atomic mass is 10.3. The molecule has 0 saturated carbocycles. The van der Waals surface area contributed by atoms with Crippen LogP contribution in [0.15, 0.2) is 10.4 Å². The predicted molar refractivity (Wildman–Crippen MR) is 117 cm³/mol. The Labute approximate surface area is 172 Å². The van der Waals surface area contributed by atoms with Gasteiger partial charge in [0, 0.05) is 45.0 Å². The molecule has 0 spiro atoms. The molecule has 0 aliphatic carbocycles. The Kier molecular flexibility index (Phi) is 12.6. The third-order valence-corrected chi connectivity index (χ3v) is 6.11. The molecule has 0 saturated heterocycles. The van der Waals surface area contributed by atoms with Gasteiger partial charge < -0.3 is 10.6 Å². The summed E-state index contributed by atoms with van der Waals surface area (Å²) in [5, 5.41) is 9.63. The molecule has 25 heavy (non-hydrogen) atoms. The van der Waals surface area contributed by atoms with Gasteiger partial charge >= 0.3 is 0 Å². The van der Waals surface area contributed by atoms with Gasteiger partial charge in [0.2, 0.25) is 10.0 Å². The molecule has 7 nitrogen and oxygen atoms in total. The summed E-state index contributed by atoms with van der Waals surface area (Å²) in [7, 11) is -1.49. The van der Waals surface area contributed by atoms with E-state index in [4.69, 9.17) is 0 Å². The van der Waals surface area contributed by atoms with E-state index in [9.17, 15) is 8.42 Å². The number of aromatic nitrogens is 1. The average Bonchev–Trinajstić information content (AvgIpc) is 2.96. The van der Waals surface area contributed by atoms with Gasteiger partial charge in [-0.1, -0.05) is 0 Å². The molecule has 0 fully saturated rings. The number of halogens is 1. The molecule has 146 valence electrons. The maximum absolute atomic E-state index is 11.7. The maximum atomic E-state index is 11.7. The third kappa shape index (κ3) is 9.71. The number of sulfonamides is 1. The SMILES string of the molecule is CCNC(=NCCCN(C)S(=O)(=O)CC)NCCc1csc(C)n1.I. The molecular weight excluding hydrogens is 473 g/mol. The van der Waals surface area contributed by atoms with Crippen LogP contribution in [-0.2, 0) is 16.4 Å². The van der Waals surface area contributed by atoms with E-state index in [0.717, 1.165) is 36.2 Å². The molecule has 0 aliphatic rings. The second-order valence-electron chi connectivity index (χ2n) is 5.37. The monoisotopic (exact) mass is 503 g/mol. The van der Waals surface area contributed by atoms with Crippen molar-refractivity contribution in [3.63, 3.8) is 0 Å². The molecule has 0 aliphatic heterocycles. The van der Waals surface area contributed by atoms with Crippen molar-refractivity contribution >= 4 is 51.3 Å². The van der Waals surface area contributed by atoms with E-state index < -0.39 is 10.0 Å². The normalized spacial score (nSPS) is 12.1. The van der Waals surface area contributed by atoms with Gasteiger partial charge in [-0.15, -0.1) is 35.3 Å². The lowest BCUT2D eigenvalue weighted by molar-refractivity contribution is 0.465. The first-order valence-electron chi connectivity index (χ1n) is 8.26. The third-order valence-electron chi connectivity index (χ3n) is 3.43. The summed E-state index contributed by atoms with van der Waals surface area (Å²) in [6.45, 7) is 8.28. The molecule has 0 radical (unpaired) electrons. The number of thiazole rings is 1. The van der Waals surface area contributed by atoms with Crippen LogP contribution >= 0.6 is 35.3 Å². The second-order valence-corrected chi connectivity index (χ2v) is 8.80. The Morgan fingerprint density at radius 2 is 2.08 bits per heavy atom. The fraction of sp³-hybridized carbons (Fsp3) is 0.733. The summed E-state index contributed by atoms with van der Waals surface area (Å²) in [6.07, 6.45) is 1.55. The number of aryl methyl sites for hydroxylation is 1. The molecule has 1 aromatic heterocycles. The topological polar surface area (TPSA) is 86.7 Å². The molecule has 1 heterocycles. The molecule has 0 aromatic carbocycles. The van der Waals surface area contributed by atoms with E-state index in [2.05, 4.69) is 26.0 Å². The van der Waals surface area contributed by atoms with Crippen LogP contribution in [0.4, 0.5) is 0 Å². The molecule has 10 heteroatoms. The minimum atomic E-state index is -3.10. The zero-order valence-corrected chi connectivity index (χ0v) is 19.4. The summed E-state index contributed by atoms with van der Waals surface area (Å²) >= 11 is 1.66. The van der Waals surface area contributed by atoms with Gasteiger partial charge in [-0.05, 0) is 27.2 Å². The van der Waals surface area contributed by atoms with E-state index in [-0.39, 0.29) is 29.7 Å². The van der Waals surface area contributed by atoms with Gasteiger partial charge in [-0.2, -0.15) is 0 Å². The van der Waals surface area contributed by atoms with Crippen LogP contribution in [0, 0.1) is 6.92 Å². The summed E-state index contributed by atoms with van der Waals surface area (Å²) in [4.78, 5) is 8.92. The molecule has 0 atom stereocenters. The Hall–Kier alpha value is -0.460. The largest absolute Gasteiger partial charge is 0.357 e. The zero-order valence-electron chi connectivity index (χ0n) is 15.4. The Bertz CT molecular complexity index is 619. The number of guanidine groups is 1. The highest BCUT2D eigenvalue weighted by atomic mass is 127. The minimum absolute atomic E-state index is 0. The van der Waals surface area contributed by atoms with Gasteiger partial charge in [0.15, 0.2) is 5.96 Å². The van der Waals surface area contributed by atoms with Gasteiger partial charge in [0.25, 0.3) is 0 Å². The average molecular weight is 503 g/mol. The van der Waals surface area contributed by atoms with Crippen LogP contribution < -0.4 is 10.6 Å². The lowest BCUT2D eigenvalue weighted by Gasteiger charge is -2.15. The lowest BCUT2D eigenvalue weighted by Crippen LogP contribution is -2.38. The minimum Gasteiger partial charge on any atom is -0.357 e. The van der Waals surface area contributed by atoms with Gasteiger partial charge in [0.05, 0.1) is 16.5 Å². The first-order valence-corrected chi connectivity index (χ1v) is 10.7. The highest BCUT2D eigenvalue weighted by Gasteiger charge is 2.13. The van der Waals surface area contributed by atoms with E-state index in [0.29, 0.717) is 19.5 Å². The van der Waals surface area contributed by atoms with E-state index in [1.807, 2.05) is 13.8 Å². The van der Waals surface area contributed by atoms with E-state index in [1.165, 1.54) is 4.31 Å². The van der Waals surface area contributed by atoms with Gasteiger partial charge in [-0.3, -0.25) is 4.99 Å². The summed E-state index contributed by atoms with van der Waals surface area (Å²) in [6, 6.07) is 0. The van der Waals surface area contributed by atoms with Crippen molar-refractivity contribution in [2.24, 2.45) is 4.99 Å². The molecule has 1 rings (SSSR count). The van der Waals surface area contributed by atoms with Crippen LogP contribution in [0.2, 0.25) is 0 Å². The van der Waals surface area contributed by atoms with E-state index >= 15 is 0 Å².